The van der Waals surface area contributed by atoms with Crippen LogP contribution in [0.5, 0.6) is 5.75 Å². The van der Waals surface area contributed by atoms with Crippen LogP contribution in [0.4, 0.5) is 0 Å². The van der Waals surface area contributed by atoms with Gasteiger partial charge in [0.15, 0.2) is 0 Å². The minimum Gasteiger partial charge on any atom is -0.508 e. The number of primary amides is 1. The first-order chi connectivity index (χ1) is 31.0. The number of ether oxygens (including phenoxy) is 1. The van der Waals surface area contributed by atoms with Gasteiger partial charge in [0.05, 0.1) is 0 Å². The van der Waals surface area contributed by atoms with Crippen LogP contribution < -0.4 is 27.0 Å². The normalized spacial score (nSPS) is 28.4. The number of phenols is 1. The highest BCUT2D eigenvalue weighted by molar-refractivity contribution is 5.98. The van der Waals surface area contributed by atoms with Crippen LogP contribution in [0.1, 0.15) is 106 Å². The smallest absolute Gasteiger partial charge is 0.329 e. The van der Waals surface area contributed by atoms with Gasteiger partial charge in [-0.15, -0.1) is 0 Å². The molecule has 0 spiro atoms. The number of nitrogens with two attached hydrogens (primary N) is 1. The number of carbonyl (C=O) groups is 9. The first kappa shape index (κ1) is 52.8. The molecule has 0 aromatic heterocycles. The summed E-state index contributed by atoms with van der Waals surface area (Å²) < 4.78 is 6.19. The molecule has 12 atom stereocenters. The largest absolute Gasteiger partial charge is 0.508 e. The zero-order chi connectivity index (χ0) is 49.3. The lowest BCUT2D eigenvalue weighted by Crippen LogP contribution is -2.66. The highest BCUT2D eigenvalue weighted by Gasteiger charge is 2.52. The summed E-state index contributed by atoms with van der Waals surface area (Å²) in [5, 5.41) is 32.3. The Labute approximate surface area is 386 Å². The molecule has 20 heteroatoms. The second-order valence-electron chi connectivity index (χ2n) is 18.7. The molecule has 3 heterocycles. The number of piperidine rings is 1. The predicted octanol–water partition coefficient (Wildman–Crippen LogP) is 0.206. The van der Waals surface area contributed by atoms with Gasteiger partial charge in [-0.2, -0.15) is 0 Å². The highest BCUT2D eigenvalue weighted by atomic mass is 16.5. The topological polar surface area (TPSA) is 287 Å². The molecule has 3 fully saturated rings. The van der Waals surface area contributed by atoms with Gasteiger partial charge in [-0.3, -0.25) is 38.4 Å². The number of aliphatic hydroxyl groups is 1. The quantitative estimate of drug-likeness (QED) is 0.131. The minimum absolute atomic E-state index is 0.0129. The van der Waals surface area contributed by atoms with Crippen LogP contribution >= 0.6 is 0 Å². The van der Waals surface area contributed by atoms with E-state index in [2.05, 4.69) is 21.3 Å². The molecule has 3 aliphatic rings. The van der Waals surface area contributed by atoms with Gasteiger partial charge < -0.3 is 56.7 Å². The molecule has 20 nitrogen and oxygen atoms in total. The first-order valence-electron chi connectivity index (χ1n) is 23.0. The molecule has 366 valence electrons. The number of amides is 8. The van der Waals surface area contributed by atoms with E-state index in [1.807, 2.05) is 13.8 Å². The molecule has 3 saturated heterocycles. The molecule has 0 saturated carbocycles. The number of likely N-dealkylation sites (tertiary alicyclic amines) is 1. The number of aromatic hydroxyl groups is 1. The Balaban J connectivity index is 1.93. The maximum Gasteiger partial charge on any atom is 0.329 e. The van der Waals surface area contributed by atoms with Gasteiger partial charge in [0.1, 0.15) is 60.4 Å². The van der Waals surface area contributed by atoms with Crippen LogP contribution in [0.15, 0.2) is 24.3 Å². The monoisotopic (exact) mass is 927 g/mol. The van der Waals surface area contributed by atoms with Gasteiger partial charge in [0.2, 0.25) is 47.3 Å². The van der Waals surface area contributed by atoms with E-state index < -0.39 is 126 Å². The van der Waals surface area contributed by atoms with Gasteiger partial charge >= 0.3 is 5.97 Å². The van der Waals surface area contributed by atoms with Crippen LogP contribution in [0.3, 0.4) is 0 Å². The number of hydrogen-bond donors (Lipinski definition) is 7. The van der Waals surface area contributed by atoms with Crippen molar-refractivity contribution >= 4 is 53.2 Å². The Bertz CT molecular complexity index is 1960. The number of esters is 1. The van der Waals surface area contributed by atoms with E-state index in [9.17, 15) is 53.4 Å². The average molecular weight is 927 g/mol. The van der Waals surface area contributed by atoms with Gasteiger partial charge in [-0.25, -0.2) is 4.79 Å². The Morgan fingerprint density at radius 1 is 0.894 bits per heavy atom. The lowest BCUT2D eigenvalue weighted by Gasteiger charge is -2.44. The second-order valence-corrected chi connectivity index (χ2v) is 18.7. The maximum absolute atomic E-state index is 14.9. The van der Waals surface area contributed by atoms with Gasteiger partial charge in [0, 0.05) is 39.3 Å². The summed E-state index contributed by atoms with van der Waals surface area (Å²) in [5.74, 6) is -9.06. The molecule has 8 amide bonds. The van der Waals surface area contributed by atoms with Crippen molar-refractivity contribution in [1.82, 2.24) is 36.0 Å². The van der Waals surface area contributed by atoms with Gasteiger partial charge in [-0.05, 0) is 61.1 Å². The molecule has 0 radical (unpaired) electrons. The second kappa shape index (κ2) is 23.1. The van der Waals surface area contributed by atoms with E-state index in [0.29, 0.717) is 18.4 Å². The number of nitrogens with zero attached hydrogens (tertiary/aromatic N) is 3. The average Bonchev–Trinajstić information content (AvgIpc) is 3.58. The molecule has 0 aliphatic carbocycles. The van der Waals surface area contributed by atoms with Crippen LogP contribution in [-0.2, 0) is 54.3 Å². The molecule has 5 unspecified atom stereocenters. The summed E-state index contributed by atoms with van der Waals surface area (Å²) in [5.41, 5.74) is 5.93. The zero-order valence-corrected chi connectivity index (χ0v) is 39.6. The van der Waals surface area contributed by atoms with E-state index >= 15 is 0 Å². The molecule has 2 bridgehead atoms. The minimum atomic E-state index is -1.59. The third-order valence-corrected chi connectivity index (χ3v) is 13.1. The van der Waals surface area contributed by atoms with E-state index in [1.165, 1.54) is 31.0 Å². The molecule has 66 heavy (non-hydrogen) atoms. The van der Waals surface area contributed by atoms with Crippen molar-refractivity contribution in [3.05, 3.63) is 29.8 Å². The summed E-state index contributed by atoms with van der Waals surface area (Å²) in [7, 11) is 1.39. The van der Waals surface area contributed by atoms with E-state index in [-0.39, 0.29) is 56.7 Å². The highest BCUT2D eigenvalue weighted by Crippen LogP contribution is 2.31. The molecular formula is C46H70N8O12. The third-order valence-electron chi connectivity index (χ3n) is 13.1. The van der Waals surface area contributed by atoms with E-state index in [1.54, 1.807) is 46.8 Å². The number of nitrogens with one attached hydrogen (secondary N) is 4. The van der Waals surface area contributed by atoms with Crippen LogP contribution in [0, 0.1) is 23.7 Å². The fourth-order valence-electron chi connectivity index (χ4n) is 8.91. The summed E-state index contributed by atoms with van der Waals surface area (Å²) >= 11 is 0. The number of fused-ring (bicyclic) bond motifs is 3. The number of rotatable bonds is 13. The molecule has 1 aromatic rings. The molecule has 1 aromatic carbocycles. The summed E-state index contributed by atoms with van der Waals surface area (Å²) in [6, 6.07) is -3.48. The van der Waals surface area contributed by atoms with E-state index in [0.717, 1.165) is 9.80 Å². The Kier molecular flexibility index (Phi) is 18.5. The first-order valence-corrected chi connectivity index (χ1v) is 23.0. The fourth-order valence-corrected chi connectivity index (χ4v) is 8.91. The molecule has 8 N–H and O–H groups in total. The van der Waals surface area contributed by atoms with Crippen molar-refractivity contribution in [3.8, 4) is 5.75 Å². The number of likely N-dealkylation sites (N-methyl/N-ethyl adjacent to an activating group) is 1. The Morgan fingerprint density at radius 3 is 2.11 bits per heavy atom. The summed E-state index contributed by atoms with van der Waals surface area (Å²) in [4.78, 5) is 130. The van der Waals surface area contributed by atoms with Gasteiger partial charge in [-0.1, -0.05) is 73.4 Å². The SMILES string of the molecule is CC[C@H](C)[C@@H]1NC(=O)[C@H](Cc2ccc(O)cc2)N(C)C(=O)[C@H]([C@@H](C)CC)N2C(=O)C(CCC2O)NC(=O)[C@H](CC(C)C)NC(=O)C2C(OC1=O)C(C)CN2C(=O)[C@H](CCC(N)=O)NC(C)=O. The summed E-state index contributed by atoms with van der Waals surface area (Å²) in [6.45, 7) is 13.3. The molecular weight excluding hydrogens is 857 g/mol. The Hall–Kier alpha value is -5.79. The third kappa shape index (κ3) is 12.8. The van der Waals surface area contributed by atoms with E-state index in [4.69, 9.17) is 10.5 Å². The maximum atomic E-state index is 14.9. The lowest BCUT2D eigenvalue weighted by molar-refractivity contribution is -0.168. The standard InChI is InChI=1S/C46H70N8O12/c1-10-24(5)36-46(65)66-39-26(7)22-53(43(62)30(48-27(8)55)16-18-34(47)57)38(39)42(61)50-32(20-23(3)4)40(59)49-31-17-19-35(58)54(44(31)63)37(25(6)11-2)45(64)52(9)33(41(60)51-36)21-28-12-14-29(56)15-13-28/h12-15,23-26,30-33,35-39,56,58H,10-11,16-22H2,1-9H3,(H2,47,57)(H,48,55)(H,49,59)(H,50,61)(H,51,60)/t24-,25-,26?,30-,31?,32-,33-,35?,36-,37-,38?,39?/m0/s1. The molecule has 3 aliphatic heterocycles. The number of aliphatic hydroxyl groups excluding tert-OH is 1. The van der Waals surface area contributed by atoms with Crippen molar-refractivity contribution in [2.24, 2.45) is 29.4 Å². The number of phenolic OH excluding ortho intramolecular Hbond substituents is 1. The predicted molar refractivity (Wildman–Crippen MR) is 239 cm³/mol. The fraction of sp³-hybridized carbons (Fsp3) is 0.674. The Morgan fingerprint density at radius 2 is 1.53 bits per heavy atom. The zero-order valence-electron chi connectivity index (χ0n) is 39.6. The summed E-state index contributed by atoms with van der Waals surface area (Å²) in [6.07, 6.45) is -2.68. The van der Waals surface area contributed by atoms with Crippen molar-refractivity contribution in [1.29, 1.82) is 0 Å². The van der Waals surface area contributed by atoms with Crippen LogP contribution in [-0.4, -0.2) is 146 Å². The van der Waals surface area contributed by atoms with Crippen molar-refractivity contribution in [3.63, 3.8) is 0 Å². The van der Waals surface area contributed by atoms with Crippen molar-refractivity contribution < 1.29 is 58.1 Å². The van der Waals surface area contributed by atoms with Crippen molar-refractivity contribution in [2.75, 3.05) is 13.6 Å². The van der Waals surface area contributed by atoms with Crippen molar-refractivity contribution in [2.45, 2.75) is 161 Å². The number of carbonyl (C=O) groups excluding carboxylic acids is 9. The number of benzene rings is 1. The van der Waals surface area contributed by atoms with Gasteiger partial charge in [0.25, 0.3) is 0 Å². The van der Waals surface area contributed by atoms with Crippen LogP contribution in [0.2, 0.25) is 0 Å². The molecule has 4 rings (SSSR count). The van der Waals surface area contributed by atoms with Crippen LogP contribution in [0.25, 0.3) is 0 Å². The number of hydrogen-bond acceptors (Lipinski definition) is 12. The lowest BCUT2D eigenvalue weighted by atomic mass is 9.91.